The molecule has 9 nitrogen and oxygen atoms in total. The van der Waals surface area contributed by atoms with Crippen LogP contribution in [0.25, 0.3) is 0 Å². The lowest BCUT2D eigenvalue weighted by Crippen LogP contribution is -2.13. The Hall–Kier alpha value is -2.97. The van der Waals surface area contributed by atoms with Crippen LogP contribution in [-0.4, -0.2) is 43.5 Å². The van der Waals surface area contributed by atoms with Gasteiger partial charge in [-0.05, 0) is 12.1 Å². The van der Waals surface area contributed by atoms with Crippen molar-refractivity contribution in [1.29, 1.82) is 0 Å². The SMILES string of the molecule is NC(=O)c1ccc(NCCn2cc(C(=O)O)nn2)nc1. The van der Waals surface area contributed by atoms with Crippen molar-refractivity contribution < 1.29 is 14.7 Å². The zero-order valence-corrected chi connectivity index (χ0v) is 10.4. The van der Waals surface area contributed by atoms with Gasteiger partial charge in [-0.2, -0.15) is 0 Å². The molecule has 0 aliphatic rings. The van der Waals surface area contributed by atoms with Gasteiger partial charge in [0.05, 0.1) is 18.3 Å². The molecular weight excluding hydrogens is 264 g/mol. The summed E-state index contributed by atoms with van der Waals surface area (Å²) >= 11 is 0. The summed E-state index contributed by atoms with van der Waals surface area (Å²) in [7, 11) is 0. The fraction of sp³-hybridized carbons (Fsp3) is 0.182. The summed E-state index contributed by atoms with van der Waals surface area (Å²) in [5.41, 5.74) is 5.33. The zero-order chi connectivity index (χ0) is 14.5. The molecule has 2 rings (SSSR count). The summed E-state index contributed by atoms with van der Waals surface area (Å²) in [6, 6.07) is 3.19. The van der Waals surface area contributed by atoms with Crippen LogP contribution in [0, 0.1) is 0 Å². The topological polar surface area (TPSA) is 136 Å². The Labute approximate surface area is 113 Å². The third-order valence-corrected chi connectivity index (χ3v) is 2.45. The van der Waals surface area contributed by atoms with E-state index in [0.717, 1.165) is 0 Å². The molecule has 0 saturated heterocycles. The maximum Gasteiger partial charge on any atom is 0.358 e. The predicted molar refractivity (Wildman–Crippen MR) is 68.2 cm³/mol. The Morgan fingerprint density at radius 3 is 2.75 bits per heavy atom. The molecule has 1 amide bonds. The van der Waals surface area contributed by atoms with Crippen molar-refractivity contribution in [3.8, 4) is 0 Å². The molecule has 9 heteroatoms. The van der Waals surface area contributed by atoms with Crippen molar-refractivity contribution in [3.63, 3.8) is 0 Å². The van der Waals surface area contributed by atoms with Gasteiger partial charge in [-0.25, -0.2) is 14.5 Å². The largest absolute Gasteiger partial charge is 0.476 e. The van der Waals surface area contributed by atoms with Crippen LogP contribution >= 0.6 is 0 Å². The van der Waals surface area contributed by atoms with E-state index in [1.54, 1.807) is 12.1 Å². The van der Waals surface area contributed by atoms with E-state index in [9.17, 15) is 9.59 Å². The molecule has 4 N–H and O–H groups in total. The minimum Gasteiger partial charge on any atom is -0.476 e. The van der Waals surface area contributed by atoms with Crippen LogP contribution in [0.1, 0.15) is 20.8 Å². The number of hydrogen-bond acceptors (Lipinski definition) is 6. The lowest BCUT2D eigenvalue weighted by Gasteiger charge is -2.05. The van der Waals surface area contributed by atoms with Gasteiger partial charge in [0.1, 0.15) is 5.82 Å². The van der Waals surface area contributed by atoms with E-state index >= 15 is 0 Å². The first-order valence-corrected chi connectivity index (χ1v) is 5.69. The van der Waals surface area contributed by atoms with Crippen molar-refractivity contribution in [3.05, 3.63) is 35.8 Å². The number of nitrogens with one attached hydrogen (secondary N) is 1. The molecule has 104 valence electrons. The number of rotatable bonds is 6. The van der Waals surface area contributed by atoms with Gasteiger partial charge >= 0.3 is 5.97 Å². The Bertz CT molecular complexity index is 621. The van der Waals surface area contributed by atoms with Crippen molar-refractivity contribution in [2.45, 2.75) is 6.54 Å². The van der Waals surface area contributed by atoms with Gasteiger partial charge in [0.25, 0.3) is 0 Å². The fourth-order valence-corrected chi connectivity index (χ4v) is 1.45. The Kier molecular flexibility index (Phi) is 3.89. The summed E-state index contributed by atoms with van der Waals surface area (Å²) < 4.78 is 1.41. The number of nitrogens with two attached hydrogens (primary N) is 1. The highest BCUT2D eigenvalue weighted by molar-refractivity contribution is 5.92. The lowest BCUT2D eigenvalue weighted by atomic mass is 10.3. The van der Waals surface area contributed by atoms with Crippen molar-refractivity contribution >= 4 is 17.7 Å². The van der Waals surface area contributed by atoms with Crippen molar-refractivity contribution in [2.75, 3.05) is 11.9 Å². The molecule has 2 aromatic rings. The number of carboxylic acids is 1. The highest BCUT2D eigenvalue weighted by Crippen LogP contribution is 2.04. The second-order valence-electron chi connectivity index (χ2n) is 3.90. The molecule has 0 fully saturated rings. The Balaban J connectivity index is 1.85. The smallest absolute Gasteiger partial charge is 0.358 e. The number of hydrogen-bond donors (Lipinski definition) is 3. The van der Waals surface area contributed by atoms with Crippen LogP contribution in [0.4, 0.5) is 5.82 Å². The molecule has 0 aliphatic carbocycles. The van der Waals surface area contributed by atoms with Gasteiger partial charge in [0.2, 0.25) is 5.91 Å². The molecule has 2 aromatic heterocycles. The van der Waals surface area contributed by atoms with E-state index < -0.39 is 11.9 Å². The first-order chi connectivity index (χ1) is 9.56. The van der Waals surface area contributed by atoms with E-state index in [4.69, 9.17) is 10.8 Å². The molecule has 0 saturated carbocycles. The fourth-order valence-electron chi connectivity index (χ4n) is 1.45. The normalized spacial score (nSPS) is 10.2. The highest BCUT2D eigenvalue weighted by atomic mass is 16.4. The third-order valence-electron chi connectivity index (χ3n) is 2.45. The van der Waals surface area contributed by atoms with Crippen LogP contribution in [-0.2, 0) is 6.54 Å². The molecule has 20 heavy (non-hydrogen) atoms. The van der Waals surface area contributed by atoms with Gasteiger partial charge in [-0.3, -0.25) is 4.79 Å². The minimum absolute atomic E-state index is 0.103. The number of amides is 1. The molecule has 0 atom stereocenters. The molecule has 0 aromatic carbocycles. The number of carboxylic acid groups (broad SMARTS) is 1. The molecule has 0 aliphatic heterocycles. The second kappa shape index (κ2) is 5.78. The summed E-state index contributed by atoms with van der Waals surface area (Å²) in [5.74, 6) is -1.07. The monoisotopic (exact) mass is 276 g/mol. The summed E-state index contributed by atoms with van der Waals surface area (Å²) in [6.07, 6.45) is 2.72. The van der Waals surface area contributed by atoms with Gasteiger partial charge in [0, 0.05) is 12.7 Å². The van der Waals surface area contributed by atoms with E-state index in [1.807, 2.05) is 0 Å². The number of aromatic carboxylic acids is 1. The average Bonchev–Trinajstić information content (AvgIpc) is 2.88. The standard InChI is InChI=1S/C11H12N6O3/c12-10(18)7-1-2-9(14-5-7)13-3-4-17-6-8(11(19)20)15-16-17/h1-2,5-6H,3-4H2,(H2,12,18)(H,13,14)(H,19,20). The number of pyridine rings is 1. The van der Waals surface area contributed by atoms with Crippen LogP contribution in [0.5, 0.6) is 0 Å². The van der Waals surface area contributed by atoms with Crippen LogP contribution in [0.15, 0.2) is 24.5 Å². The van der Waals surface area contributed by atoms with Crippen molar-refractivity contribution in [2.24, 2.45) is 5.73 Å². The maximum atomic E-state index is 10.9. The van der Waals surface area contributed by atoms with E-state index in [2.05, 4.69) is 20.6 Å². The number of anilines is 1. The van der Waals surface area contributed by atoms with E-state index in [0.29, 0.717) is 24.5 Å². The second-order valence-corrected chi connectivity index (χ2v) is 3.90. The number of carbonyl (C=O) groups is 2. The summed E-state index contributed by atoms with van der Waals surface area (Å²) in [5, 5.41) is 18.9. The van der Waals surface area contributed by atoms with Gasteiger partial charge in [-0.1, -0.05) is 5.21 Å². The maximum absolute atomic E-state index is 10.9. The first kappa shape index (κ1) is 13.5. The molecule has 2 heterocycles. The molecule has 0 spiro atoms. The number of primary amides is 1. The van der Waals surface area contributed by atoms with Gasteiger partial charge in [0.15, 0.2) is 5.69 Å². The van der Waals surface area contributed by atoms with E-state index in [1.165, 1.54) is 17.1 Å². The number of carbonyl (C=O) groups excluding carboxylic acids is 1. The quantitative estimate of drug-likeness (QED) is 0.651. The van der Waals surface area contributed by atoms with E-state index in [-0.39, 0.29) is 5.69 Å². The summed E-state index contributed by atoms with van der Waals surface area (Å²) in [6.45, 7) is 0.908. The highest BCUT2D eigenvalue weighted by Gasteiger charge is 2.07. The predicted octanol–water partition coefficient (Wildman–Crippen LogP) is -0.418. The summed E-state index contributed by atoms with van der Waals surface area (Å²) in [4.78, 5) is 25.5. The molecule has 0 unspecified atom stereocenters. The first-order valence-electron chi connectivity index (χ1n) is 5.69. The van der Waals surface area contributed by atoms with Gasteiger partial charge in [-0.15, -0.1) is 5.10 Å². The minimum atomic E-state index is -1.12. The Morgan fingerprint density at radius 1 is 1.40 bits per heavy atom. The zero-order valence-electron chi connectivity index (χ0n) is 10.4. The molecule has 0 bridgehead atoms. The van der Waals surface area contributed by atoms with Crippen LogP contribution in [0.2, 0.25) is 0 Å². The Morgan fingerprint density at radius 2 is 2.20 bits per heavy atom. The van der Waals surface area contributed by atoms with Crippen LogP contribution in [0.3, 0.4) is 0 Å². The lowest BCUT2D eigenvalue weighted by molar-refractivity contribution is 0.0690. The number of nitrogens with zero attached hydrogens (tertiary/aromatic N) is 4. The van der Waals surface area contributed by atoms with Crippen LogP contribution < -0.4 is 11.1 Å². The molecule has 0 radical (unpaired) electrons. The molecular formula is C11H12N6O3. The van der Waals surface area contributed by atoms with Gasteiger partial charge < -0.3 is 16.2 Å². The number of aromatic nitrogens is 4. The third kappa shape index (κ3) is 3.28. The average molecular weight is 276 g/mol. The van der Waals surface area contributed by atoms with Crippen molar-refractivity contribution in [1.82, 2.24) is 20.0 Å².